The average molecular weight is 229 g/mol. The molecule has 0 aromatic rings. The molecule has 5 nitrogen and oxygen atoms in total. The van der Waals surface area contributed by atoms with E-state index in [1.54, 1.807) is 0 Å². The van der Waals surface area contributed by atoms with Gasteiger partial charge in [0.05, 0.1) is 14.9 Å². The largest absolute Gasteiger partial charge is 0.480 e. The van der Waals surface area contributed by atoms with Crippen molar-refractivity contribution in [3.63, 3.8) is 0 Å². The van der Waals surface area contributed by atoms with E-state index in [-0.39, 0.29) is 14.9 Å². The van der Waals surface area contributed by atoms with Gasteiger partial charge in [-0.1, -0.05) is 18.3 Å². The Morgan fingerprint density at radius 3 is 2.58 bits per heavy atom. The van der Waals surface area contributed by atoms with Crippen LogP contribution in [0.3, 0.4) is 0 Å². The first-order valence-electron chi connectivity index (χ1n) is 2.96. The molecule has 0 fully saturated rings. The lowest BCUT2D eigenvalue weighted by Gasteiger charge is -2.08. The number of carbonyl (C=O) groups is 2. The molecular weight excluding hydrogens is 219 g/mol. The van der Waals surface area contributed by atoms with Crippen LogP contribution in [0.2, 0.25) is 0 Å². The van der Waals surface area contributed by atoms with Gasteiger partial charge in [-0.05, 0) is 0 Å². The highest BCUT2D eigenvalue weighted by Crippen LogP contribution is 2.22. The highest BCUT2D eigenvalue weighted by Gasteiger charge is 2.19. The smallest absolute Gasteiger partial charge is 0.321 e. The predicted octanol–water partition coefficient (Wildman–Crippen LogP) is 0.136. The van der Waals surface area contributed by atoms with Gasteiger partial charge in [0, 0.05) is 0 Å². The Bertz CT molecular complexity index is 176. The molecule has 0 saturated heterocycles. The molecule has 0 saturated carbocycles. The Morgan fingerprint density at radius 2 is 2.25 bits per heavy atom. The molecule has 0 bridgehead atoms. The van der Waals surface area contributed by atoms with Gasteiger partial charge >= 0.3 is 11.9 Å². The van der Waals surface area contributed by atoms with Crippen molar-refractivity contribution >= 4 is 38.8 Å². The summed E-state index contributed by atoms with van der Waals surface area (Å²) in [6.45, 7) is 0. The summed E-state index contributed by atoms with van der Waals surface area (Å²) in [4.78, 5) is 21.2. The first-order valence-corrected chi connectivity index (χ1v) is 6.25. The lowest BCUT2D eigenvalue weighted by Crippen LogP contribution is -2.32. The minimum absolute atomic E-state index is 0.0278. The number of carboxylic acid groups (broad SMARTS) is 1. The predicted molar refractivity (Wildman–Crippen MR) is 53.0 cm³/mol. The molecule has 0 aliphatic rings. The van der Waals surface area contributed by atoms with Crippen LogP contribution in [0, 0.1) is 0 Å². The fourth-order valence-corrected chi connectivity index (χ4v) is 1.36. The van der Waals surface area contributed by atoms with Crippen molar-refractivity contribution in [3.05, 3.63) is 0 Å². The van der Waals surface area contributed by atoms with Crippen LogP contribution in [0.5, 0.6) is 0 Å². The van der Waals surface area contributed by atoms with Crippen LogP contribution in [0.1, 0.15) is 6.42 Å². The van der Waals surface area contributed by atoms with Crippen LogP contribution in [0.25, 0.3) is 0 Å². The minimum atomic E-state index is -1.07. The van der Waals surface area contributed by atoms with Crippen molar-refractivity contribution in [2.45, 2.75) is 12.5 Å². The highest BCUT2D eigenvalue weighted by molar-refractivity contribution is 8.00. The van der Waals surface area contributed by atoms with Crippen LogP contribution < -0.4 is 5.09 Å². The number of rotatable bonds is 5. The lowest BCUT2D eigenvalue weighted by atomic mass is 10.2. The molecular formula is C4H10NO4P3. The van der Waals surface area contributed by atoms with Crippen molar-refractivity contribution in [2.24, 2.45) is 0 Å². The Morgan fingerprint density at radius 1 is 1.67 bits per heavy atom. The van der Waals surface area contributed by atoms with Gasteiger partial charge < -0.3 is 9.63 Å². The third-order valence-electron chi connectivity index (χ3n) is 1.04. The fraction of sp³-hybridized carbons (Fsp3) is 0.500. The number of hydrogen-bond acceptors (Lipinski definition) is 4. The summed E-state index contributed by atoms with van der Waals surface area (Å²) in [6.07, 6.45) is -0.166. The van der Waals surface area contributed by atoms with Gasteiger partial charge in [0.1, 0.15) is 6.04 Å². The molecule has 2 N–H and O–H groups in total. The molecule has 0 aliphatic heterocycles. The maximum Gasteiger partial charge on any atom is 0.321 e. The molecule has 0 aliphatic carbocycles. The molecule has 0 heterocycles. The number of carbonyl (C=O) groups excluding carboxylic acids is 1. The maximum atomic E-state index is 10.8. The summed E-state index contributed by atoms with van der Waals surface area (Å²) < 4.78 is 4.56. The fourth-order valence-electron chi connectivity index (χ4n) is 0.492. The Hall–Kier alpha value is 0.190. The number of carboxylic acids is 1. The first-order chi connectivity index (χ1) is 5.61. The molecule has 0 rings (SSSR count). The molecule has 0 radical (unpaired) electrons. The minimum Gasteiger partial charge on any atom is -0.480 e. The van der Waals surface area contributed by atoms with E-state index in [1.807, 2.05) is 9.39 Å². The van der Waals surface area contributed by atoms with Crippen LogP contribution in [-0.4, -0.2) is 23.1 Å². The lowest BCUT2D eigenvalue weighted by molar-refractivity contribution is -0.143. The van der Waals surface area contributed by atoms with Crippen LogP contribution in [0.15, 0.2) is 0 Å². The summed E-state index contributed by atoms with van der Waals surface area (Å²) in [5.74, 6) is -1.60. The molecule has 0 spiro atoms. The van der Waals surface area contributed by atoms with Crippen molar-refractivity contribution in [2.75, 3.05) is 0 Å². The zero-order valence-electron chi connectivity index (χ0n) is 6.11. The third-order valence-corrected chi connectivity index (χ3v) is 2.14. The molecule has 8 heteroatoms. The van der Waals surface area contributed by atoms with Gasteiger partial charge in [-0.25, -0.2) is 0 Å². The quantitative estimate of drug-likeness (QED) is 0.655. The Balaban J connectivity index is 3.85. The highest BCUT2D eigenvalue weighted by atomic mass is 32.0. The molecule has 0 amide bonds. The normalized spacial score (nSPS) is 13.2. The molecule has 4 atom stereocenters. The molecule has 0 aromatic heterocycles. The Kier molecular flexibility index (Phi) is 6.78. The molecule has 70 valence electrons. The summed E-state index contributed by atoms with van der Waals surface area (Å²) in [5.41, 5.74) is 0. The Labute approximate surface area is 76.2 Å². The van der Waals surface area contributed by atoms with E-state index in [9.17, 15) is 9.59 Å². The van der Waals surface area contributed by atoms with E-state index < -0.39 is 18.0 Å². The number of hydrogen-bond donors (Lipinski definition) is 2. The second-order valence-electron chi connectivity index (χ2n) is 1.85. The van der Waals surface area contributed by atoms with E-state index in [0.29, 0.717) is 0 Å². The summed E-state index contributed by atoms with van der Waals surface area (Å²) in [7, 11) is 4.26. The molecule has 3 unspecified atom stereocenters. The zero-order valence-corrected chi connectivity index (χ0v) is 9.42. The number of aliphatic carboxylic acids is 1. The van der Waals surface area contributed by atoms with E-state index in [0.717, 1.165) is 0 Å². The first kappa shape index (κ1) is 12.2. The van der Waals surface area contributed by atoms with Gasteiger partial charge in [-0.3, -0.25) is 14.7 Å². The molecule has 12 heavy (non-hydrogen) atoms. The monoisotopic (exact) mass is 229 g/mol. The van der Waals surface area contributed by atoms with Crippen LogP contribution >= 0.6 is 26.8 Å². The van der Waals surface area contributed by atoms with Crippen molar-refractivity contribution < 1.29 is 19.2 Å². The second-order valence-corrected chi connectivity index (χ2v) is 3.33. The maximum absolute atomic E-state index is 10.8. The van der Waals surface area contributed by atoms with Crippen molar-refractivity contribution in [3.8, 4) is 0 Å². The summed E-state index contributed by atoms with van der Waals surface area (Å²) >= 11 is 0. The van der Waals surface area contributed by atoms with Crippen LogP contribution in [-0.2, 0) is 14.1 Å². The molecule has 0 aromatic carbocycles. The second kappa shape index (κ2) is 6.68. The van der Waals surface area contributed by atoms with E-state index in [1.165, 1.54) is 0 Å². The summed E-state index contributed by atoms with van der Waals surface area (Å²) in [5, 5.41) is 10.9. The standard InChI is InChI=1S/C4H10NO4P3/c6-3(9-12-11)1-2(5-10)4(7)8/h2,5,12H,1,10-11H2,(H,7,8)/t2-/m0/s1. The summed E-state index contributed by atoms with van der Waals surface area (Å²) in [6, 6.07) is -0.899. The number of nitrogens with one attached hydrogen (secondary N) is 1. The van der Waals surface area contributed by atoms with Crippen molar-refractivity contribution in [1.82, 2.24) is 5.09 Å². The van der Waals surface area contributed by atoms with Crippen LogP contribution in [0.4, 0.5) is 0 Å². The average Bonchev–Trinajstić information content (AvgIpc) is 2.00. The van der Waals surface area contributed by atoms with E-state index in [2.05, 4.69) is 18.5 Å². The third kappa shape index (κ3) is 4.95. The van der Waals surface area contributed by atoms with E-state index in [4.69, 9.17) is 5.11 Å². The van der Waals surface area contributed by atoms with Gasteiger partial charge in [-0.15, -0.1) is 0 Å². The zero-order chi connectivity index (χ0) is 9.56. The van der Waals surface area contributed by atoms with Gasteiger partial charge in [0.15, 0.2) is 0 Å². The van der Waals surface area contributed by atoms with Gasteiger partial charge in [0.25, 0.3) is 0 Å². The topological polar surface area (TPSA) is 75.6 Å². The van der Waals surface area contributed by atoms with Gasteiger partial charge in [0.2, 0.25) is 0 Å². The van der Waals surface area contributed by atoms with Gasteiger partial charge in [-0.2, -0.15) is 0 Å². The SMILES string of the molecule is O=C(C[C@H](NP)C(=O)O)OPP. The van der Waals surface area contributed by atoms with E-state index >= 15 is 0 Å². The van der Waals surface area contributed by atoms with Crippen molar-refractivity contribution in [1.29, 1.82) is 0 Å².